The van der Waals surface area contributed by atoms with E-state index in [1.54, 1.807) is 12.1 Å². The van der Waals surface area contributed by atoms with Crippen LogP contribution in [0.1, 0.15) is 10.4 Å². The van der Waals surface area contributed by atoms with Crippen molar-refractivity contribution in [2.24, 2.45) is 0 Å². The second kappa shape index (κ2) is 5.95. The van der Waals surface area contributed by atoms with Crippen molar-refractivity contribution in [3.05, 3.63) is 84.4 Å². The molecule has 0 unspecified atom stereocenters. The lowest BCUT2D eigenvalue weighted by molar-refractivity contribution is 0.108. The van der Waals surface area contributed by atoms with Crippen LogP contribution in [0.4, 0.5) is 0 Å². The van der Waals surface area contributed by atoms with Gasteiger partial charge in [-0.2, -0.15) is 0 Å². The Morgan fingerprint density at radius 2 is 1.50 bits per heavy atom. The van der Waals surface area contributed by atoms with Crippen LogP contribution in [0.5, 0.6) is 0 Å². The summed E-state index contributed by atoms with van der Waals surface area (Å²) in [6.45, 7) is 0. The van der Waals surface area contributed by atoms with Gasteiger partial charge in [-0.1, -0.05) is 42.5 Å². The number of benzene rings is 3. The minimum absolute atomic E-state index is 0.460. The molecule has 0 atom stereocenters. The molecule has 0 saturated carbocycles. The molecule has 1 heterocycles. The van der Waals surface area contributed by atoms with Gasteiger partial charge in [0.15, 0.2) is 0 Å². The Morgan fingerprint density at radius 1 is 0.833 bits per heavy atom. The molecule has 0 saturated heterocycles. The maximum atomic E-state index is 11.3. The van der Waals surface area contributed by atoms with E-state index in [9.17, 15) is 4.79 Å². The summed E-state index contributed by atoms with van der Waals surface area (Å²) < 4.78 is 2.12. The normalized spacial score (nSPS) is 10.9. The zero-order valence-electron chi connectivity index (χ0n) is 12.7. The molecule has 4 heteroatoms. The van der Waals surface area contributed by atoms with E-state index in [0.717, 1.165) is 28.1 Å². The van der Waals surface area contributed by atoms with Gasteiger partial charge in [0.25, 0.3) is 5.24 Å². The van der Waals surface area contributed by atoms with Gasteiger partial charge < -0.3 is 0 Å². The summed E-state index contributed by atoms with van der Waals surface area (Å²) in [5, 5.41) is -0.460. The average molecular weight is 333 g/mol. The summed E-state index contributed by atoms with van der Waals surface area (Å²) in [7, 11) is 0. The fourth-order valence-electron chi connectivity index (χ4n) is 2.81. The third kappa shape index (κ3) is 2.49. The number of para-hydroxylation sites is 3. The van der Waals surface area contributed by atoms with Crippen molar-refractivity contribution >= 4 is 27.9 Å². The minimum atomic E-state index is -0.460. The van der Waals surface area contributed by atoms with E-state index in [0.29, 0.717) is 5.56 Å². The van der Waals surface area contributed by atoms with Gasteiger partial charge in [0.2, 0.25) is 0 Å². The highest BCUT2D eigenvalue weighted by Gasteiger charge is 2.14. The van der Waals surface area contributed by atoms with Gasteiger partial charge in [0, 0.05) is 16.8 Å². The second-order valence-corrected chi connectivity index (χ2v) is 5.79. The van der Waals surface area contributed by atoms with Crippen LogP contribution in [0.3, 0.4) is 0 Å². The second-order valence-electron chi connectivity index (χ2n) is 5.45. The lowest BCUT2D eigenvalue weighted by Crippen LogP contribution is -1.97. The Bertz CT molecular complexity index is 1020. The lowest BCUT2D eigenvalue weighted by atomic mass is 10.1. The number of halogens is 1. The van der Waals surface area contributed by atoms with Crippen molar-refractivity contribution in [1.82, 2.24) is 9.55 Å². The number of aromatic nitrogens is 2. The molecule has 4 rings (SSSR count). The number of carbonyl (C=O) groups excluding carboxylic acids is 1. The summed E-state index contributed by atoms with van der Waals surface area (Å²) in [5.74, 6) is 0.830. The van der Waals surface area contributed by atoms with Gasteiger partial charge in [0.05, 0.1) is 11.0 Å². The van der Waals surface area contributed by atoms with Crippen molar-refractivity contribution in [2.75, 3.05) is 0 Å². The maximum absolute atomic E-state index is 11.3. The van der Waals surface area contributed by atoms with Crippen molar-refractivity contribution in [2.45, 2.75) is 0 Å². The first-order chi connectivity index (χ1) is 11.7. The van der Waals surface area contributed by atoms with E-state index in [1.807, 2.05) is 60.7 Å². The Morgan fingerprint density at radius 3 is 2.21 bits per heavy atom. The largest absolute Gasteiger partial charge is 0.292 e. The maximum Gasteiger partial charge on any atom is 0.252 e. The summed E-state index contributed by atoms with van der Waals surface area (Å²) in [6, 6.07) is 25.3. The van der Waals surface area contributed by atoms with E-state index in [2.05, 4.69) is 10.6 Å². The predicted molar refractivity (Wildman–Crippen MR) is 96.7 cm³/mol. The van der Waals surface area contributed by atoms with Crippen molar-refractivity contribution in [3.63, 3.8) is 0 Å². The third-order valence-electron chi connectivity index (χ3n) is 3.95. The van der Waals surface area contributed by atoms with Gasteiger partial charge in [-0.15, -0.1) is 0 Å². The molecule has 0 aliphatic carbocycles. The molecule has 0 N–H and O–H groups in total. The molecular weight excluding hydrogens is 320 g/mol. The fourth-order valence-corrected chi connectivity index (χ4v) is 2.93. The van der Waals surface area contributed by atoms with E-state index < -0.39 is 5.24 Å². The van der Waals surface area contributed by atoms with Gasteiger partial charge in [-0.05, 0) is 48.0 Å². The number of rotatable bonds is 3. The highest BCUT2D eigenvalue weighted by Crippen LogP contribution is 2.28. The number of carbonyl (C=O) groups is 1. The topological polar surface area (TPSA) is 34.9 Å². The first kappa shape index (κ1) is 14.7. The highest BCUT2D eigenvalue weighted by atomic mass is 35.5. The smallest absolute Gasteiger partial charge is 0.252 e. The molecular formula is C20H13ClN2O. The molecule has 3 nitrogen and oxygen atoms in total. The monoisotopic (exact) mass is 332 g/mol. The Balaban J connectivity index is 1.96. The average Bonchev–Trinajstić information content (AvgIpc) is 3.02. The van der Waals surface area contributed by atoms with Crippen LogP contribution in [-0.2, 0) is 0 Å². The number of fused-ring (bicyclic) bond motifs is 1. The number of nitrogens with zero attached hydrogens (tertiary/aromatic N) is 2. The van der Waals surface area contributed by atoms with Crippen LogP contribution < -0.4 is 0 Å². The minimum Gasteiger partial charge on any atom is -0.292 e. The molecule has 4 aromatic rings. The van der Waals surface area contributed by atoms with Crippen molar-refractivity contribution in [3.8, 4) is 17.1 Å². The van der Waals surface area contributed by atoms with Crippen LogP contribution in [-0.4, -0.2) is 14.8 Å². The van der Waals surface area contributed by atoms with Gasteiger partial charge in [-0.25, -0.2) is 4.98 Å². The Kier molecular flexibility index (Phi) is 3.63. The standard InChI is InChI=1S/C20H13ClN2O/c21-19(24)14-10-12-15(13-11-14)20-22-17-8-4-5-9-18(17)23(20)16-6-2-1-3-7-16/h1-13H. The molecule has 24 heavy (non-hydrogen) atoms. The Hall–Kier alpha value is -2.91. The summed E-state index contributed by atoms with van der Waals surface area (Å²) >= 11 is 5.53. The van der Waals surface area contributed by atoms with Crippen molar-refractivity contribution < 1.29 is 4.79 Å². The molecule has 3 aromatic carbocycles. The van der Waals surface area contributed by atoms with E-state index >= 15 is 0 Å². The number of hydrogen-bond acceptors (Lipinski definition) is 2. The predicted octanol–water partition coefficient (Wildman–Crippen LogP) is 5.07. The van der Waals surface area contributed by atoms with Crippen molar-refractivity contribution in [1.29, 1.82) is 0 Å². The zero-order chi connectivity index (χ0) is 16.5. The SMILES string of the molecule is O=C(Cl)c1ccc(-c2nc3ccccc3n2-c2ccccc2)cc1. The van der Waals surface area contributed by atoms with Crippen LogP contribution in [0.2, 0.25) is 0 Å². The molecule has 116 valence electrons. The lowest BCUT2D eigenvalue weighted by Gasteiger charge is -2.09. The molecule has 0 bridgehead atoms. The molecule has 0 amide bonds. The first-order valence-electron chi connectivity index (χ1n) is 7.57. The zero-order valence-corrected chi connectivity index (χ0v) is 13.4. The molecule has 0 aliphatic heterocycles. The third-order valence-corrected chi connectivity index (χ3v) is 4.16. The van der Waals surface area contributed by atoms with Crippen LogP contribution in [0.25, 0.3) is 28.1 Å². The van der Waals surface area contributed by atoms with Gasteiger partial charge >= 0.3 is 0 Å². The molecule has 0 aliphatic rings. The van der Waals surface area contributed by atoms with Crippen LogP contribution in [0.15, 0.2) is 78.9 Å². The Labute approximate surface area is 144 Å². The fraction of sp³-hybridized carbons (Fsp3) is 0. The molecule has 1 aromatic heterocycles. The highest BCUT2D eigenvalue weighted by molar-refractivity contribution is 6.67. The summed E-state index contributed by atoms with van der Waals surface area (Å²) in [4.78, 5) is 16.0. The van der Waals surface area contributed by atoms with E-state index in [4.69, 9.17) is 16.6 Å². The van der Waals surface area contributed by atoms with Crippen LogP contribution >= 0.6 is 11.6 Å². The van der Waals surface area contributed by atoms with Gasteiger partial charge in [0.1, 0.15) is 5.82 Å². The van der Waals surface area contributed by atoms with E-state index in [-0.39, 0.29) is 0 Å². The van der Waals surface area contributed by atoms with E-state index in [1.165, 1.54) is 0 Å². The first-order valence-corrected chi connectivity index (χ1v) is 7.95. The number of imidazole rings is 1. The molecule has 0 fully saturated rings. The molecule has 0 spiro atoms. The number of hydrogen-bond donors (Lipinski definition) is 0. The van der Waals surface area contributed by atoms with Gasteiger partial charge in [-0.3, -0.25) is 9.36 Å². The molecule has 0 radical (unpaired) electrons. The summed E-state index contributed by atoms with van der Waals surface area (Å²) in [5.41, 5.74) is 4.41. The summed E-state index contributed by atoms with van der Waals surface area (Å²) in [6.07, 6.45) is 0. The van der Waals surface area contributed by atoms with Crippen LogP contribution in [0, 0.1) is 0 Å². The quantitative estimate of drug-likeness (QED) is 0.491.